The molecule has 1 aliphatic rings. The summed E-state index contributed by atoms with van der Waals surface area (Å²) < 4.78 is 44.5. The first-order valence-corrected chi connectivity index (χ1v) is 8.34. The summed E-state index contributed by atoms with van der Waals surface area (Å²) in [5, 5.41) is 0. The number of aromatic nitrogens is 4. The molecule has 0 aromatic carbocycles. The van der Waals surface area contributed by atoms with Crippen molar-refractivity contribution in [2.24, 2.45) is 5.92 Å². The third-order valence-corrected chi connectivity index (χ3v) is 4.36. The van der Waals surface area contributed by atoms with Crippen LogP contribution in [0.3, 0.4) is 0 Å². The van der Waals surface area contributed by atoms with Crippen LogP contribution in [-0.2, 0) is 0 Å². The Kier molecular flexibility index (Phi) is 4.34. The topological polar surface area (TPSA) is 81.6 Å². The molecule has 3 aromatic rings. The lowest BCUT2D eigenvalue weighted by atomic mass is 10.0. The molecule has 2 N–H and O–H groups in total. The van der Waals surface area contributed by atoms with Crippen LogP contribution in [0.4, 0.5) is 19.0 Å². The number of nitrogen functional groups attached to an aromatic ring is 1. The molecule has 1 saturated heterocycles. The molecule has 0 unspecified atom stereocenters. The van der Waals surface area contributed by atoms with Gasteiger partial charge in [-0.15, -0.1) is 0 Å². The fraction of sp³-hybridized carbons (Fsp3) is 0.353. The van der Waals surface area contributed by atoms with Crippen LogP contribution in [0.1, 0.15) is 0 Å². The minimum Gasteiger partial charge on any atom is -0.493 e. The largest absolute Gasteiger partial charge is 0.493 e. The number of ether oxygens (including phenoxy) is 1. The highest BCUT2D eigenvalue weighted by molar-refractivity contribution is 5.62. The van der Waals surface area contributed by atoms with Gasteiger partial charge in [-0.05, 0) is 6.07 Å². The zero-order valence-electron chi connectivity index (χ0n) is 14.2. The molecule has 0 saturated carbocycles. The zero-order chi connectivity index (χ0) is 19.0. The molecule has 4 rings (SSSR count). The Hall–Kier alpha value is -2.88. The van der Waals surface area contributed by atoms with Crippen LogP contribution in [0.2, 0.25) is 0 Å². The van der Waals surface area contributed by atoms with Gasteiger partial charge in [0.15, 0.2) is 0 Å². The standard InChI is InChI=1S/C17H17F3N6O/c18-17(19,20)9-25-6-11(7-25)8-27-12-1-2-26-14(5-22-16(26)3-12)13-4-15(21)24-10-23-13/h1-5,10-11H,6-9H2,(H2,21,23,24). The zero-order valence-corrected chi connectivity index (χ0v) is 14.2. The highest BCUT2D eigenvalue weighted by Gasteiger charge is 2.37. The van der Waals surface area contributed by atoms with Crippen LogP contribution in [0.15, 0.2) is 36.9 Å². The third kappa shape index (κ3) is 3.95. The van der Waals surface area contributed by atoms with Crippen molar-refractivity contribution in [2.75, 3.05) is 32.0 Å². The fourth-order valence-corrected chi connectivity index (χ4v) is 3.13. The Morgan fingerprint density at radius 1 is 1.19 bits per heavy atom. The first-order valence-electron chi connectivity index (χ1n) is 8.34. The van der Waals surface area contributed by atoms with E-state index in [4.69, 9.17) is 10.5 Å². The van der Waals surface area contributed by atoms with Crippen LogP contribution in [0.25, 0.3) is 17.0 Å². The molecule has 4 heterocycles. The number of hydrogen-bond donors (Lipinski definition) is 1. The Labute approximate surface area is 152 Å². The van der Waals surface area contributed by atoms with E-state index in [9.17, 15) is 13.2 Å². The monoisotopic (exact) mass is 378 g/mol. The van der Waals surface area contributed by atoms with E-state index in [1.54, 1.807) is 24.4 Å². The van der Waals surface area contributed by atoms with Crippen molar-refractivity contribution in [1.82, 2.24) is 24.3 Å². The van der Waals surface area contributed by atoms with Gasteiger partial charge in [0.2, 0.25) is 0 Å². The van der Waals surface area contributed by atoms with Gasteiger partial charge in [-0.25, -0.2) is 15.0 Å². The molecular weight excluding hydrogens is 361 g/mol. The smallest absolute Gasteiger partial charge is 0.401 e. The number of halogens is 3. The fourth-order valence-electron chi connectivity index (χ4n) is 3.13. The predicted molar refractivity (Wildman–Crippen MR) is 92.1 cm³/mol. The van der Waals surface area contributed by atoms with Crippen molar-refractivity contribution in [1.29, 1.82) is 0 Å². The van der Waals surface area contributed by atoms with E-state index in [2.05, 4.69) is 15.0 Å². The third-order valence-electron chi connectivity index (χ3n) is 4.36. The van der Waals surface area contributed by atoms with E-state index in [-0.39, 0.29) is 5.92 Å². The summed E-state index contributed by atoms with van der Waals surface area (Å²) in [5.41, 5.74) is 7.80. The van der Waals surface area contributed by atoms with Crippen LogP contribution < -0.4 is 10.5 Å². The molecule has 0 spiro atoms. The molecule has 7 nitrogen and oxygen atoms in total. The van der Waals surface area contributed by atoms with Crippen LogP contribution >= 0.6 is 0 Å². The summed E-state index contributed by atoms with van der Waals surface area (Å²) in [7, 11) is 0. The van der Waals surface area contributed by atoms with E-state index in [0.29, 0.717) is 42.6 Å². The van der Waals surface area contributed by atoms with Gasteiger partial charge < -0.3 is 10.5 Å². The lowest BCUT2D eigenvalue weighted by Crippen LogP contribution is -2.52. The molecule has 1 aliphatic heterocycles. The van der Waals surface area contributed by atoms with E-state index in [1.807, 2.05) is 10.6 Å². The summed E-state index contributed by atoms with van der Waals surface area (Å²) in [6.07, 6.45) is 0.732. The summed E-state index contributed by atoms with van der Waals surface area (Å²) in [6, 6.07) is 5.23. The first-order chi connectivity index (χ1) is 12.9. The quantitative estimate of drug-likeness (QED) is 0.733. The summed E-state index contributed by atoms with van der Waals surface area (Å²) in [6.45, 7) is 0.301. The minimum absolute atomic E-state index is 0.0999. The Morgan fingerprint density at radius 2 is 2.00 bits per heavy atom. The molecule has 27 heavy (non-hydrogen) atoms. The van der Waals surface area contributed by atoms with Gasteiger partial charge in [0.25, 0.3) is 0 Å². The van der Waals surface area contributed by atoms with Crippen molar-refractivity contribution in [3.8, 4) is 17.1 Å². The normalized spacial score (nSPS) is 15.8. The number of nitrogens with two attached hydrogens (primary N) is 1. The van der Waals surface area contributed by atoms with Crippen molar-refractivity contribution in [3.05, 3.63) is 36.9 Å². The number of fused-ring (bicyclic) bond motifs is 1. The lowest BCUT2D eigenvalue weighted by molar-refractivity contribution is -0.159. The van der Waals surface area contributed by atoms with Crippen molar-refractivity contribution in [3.63, 3.8) is 0 Å². The van der Waals surface area contributed by atoms with E-state index >= 15 is 0 Å². The summed E-state index contributed by atoms with van der Waals surface area (Å²) in [4.78, 5) is 13.8. The summed E-state index contributed by atoms with van der Waals surface area (Å²) in [5.74, 6) is 1.09. The molecule has 0 radical (unpaired) electrons. The second-order valence-electron chi connectivity index (χ2n) is 6.55. The predicted octanol–water partition coefficient (Wildman–Crippen LogP) is 2.25. The van der Waals surface area contributed by atoms with E-state index in [0.717, 1.165) is 5.69 Å². The molecular formula is C17H17F3N6O. The number of anilines is 1. The Balaban J connectivity index is 1.39. The van der Waals surface area contributed by atoms with Gasteiger partial charge in [0, 0.05) is 37.3 Å². The number of pyridine rings is 1. The van der Waals surface area contributed by atoms with E-state index < -0.39 is 12.7 Å². The molecule has 1 fully saturated rings. The number of hydrogen-bond acceptors (Lipinski definition) is 6. The molecule has 0 amide bonds. The van der Waals surface area contributed by atoms with Crippen LogP contribution in [-0.4, -0.2) is 56.7 Å². The number of rotatable bonds is 5. The SMILES string of the molecule is Nc1cc(-c2cnc3cc(OCC4CN(CC(F)(F)F)C4)ccn23)ncn1. The summed E-state index contributed by atoms with van der Waals surface area (Å²) >= 11 is 0. The molecule has 0 aliphatic carbocycles. The lowest BCUT2D eigenvalue weighted by Gasteiger charge is -2.39. The van der Waals surface area contributed by atoms with Gasteiger partial charge in [0.05, 0.1) is 30.7 Å². The maximum absolute atomic E-state index is 12.3. The van der Waals surface area contributed by atoms with Crippen LogP contribution in [0, 0.1) is 5.92 Å². The average molecular weight is 378 g/mol. The highest BCUT2D eigenvalue weighted by atomic mass is 19.4. The molecule has 10 heteroatoms. The van der Waals surface area contributed by atoms with Gasteiger partial charge in [0.1, 0.15) is 23.5 Å². The Morgan fingerprint density at radius 3 is 2.74 bits per heavy atom. The minimum atomic E-state index is -4.15. The second-order valence-corrected chi connectivity index (χ2v) is 6.55. The van der Waals surface area contributed by atoms with Crippen molar-refractivity contribution in [2.45, 2.75) is 6.18 Å². The van der Waals surface area contributed by atoms with Crippen molar-refractivity contribution >= 4 is 11.5 Å². The molecule has 142 valence electrons. The van der Waals surface area contributed by atoms with E-state index in [1.165, 1.54) is 11.2 Å². The molecule has 0 bridgehead atoms. The Bertz CT molecular complexity index is 951. The number of imidazole rings is 1. The number of nitrogens with zero attached hydrogens (tertiary/aromatic N) is 5. The molecule has 3 aromatic heterocycles. The molecule has 0 atom stereocenters. The van der Waals surface area contributed by atoms with Crippen LogP contribution in [0.5, 0.6) is 5.75 Å². The van der Waals surface area contributed by atoms with Gasteiger partial charge >= 0.3 is 6.18 Å². The average Bonchev–Trinajstić information content (AvgIpc) is 2.99. The number of alkyl halides is 3. The van der Waals surface area contributed by atoms with Gasteiger partial charge in [-0.2, -0.15) is 13.2 Å². The van der Waals surface area contributed by atoms with Gasteiger partial charge in [-0.1, -0.05) is 0 Å². The van der Waals surface area contributed by atoms with Gasteiger partial charge in [-0.3, -0.25) is 9.30 Å². The maximum atomic E-state index is 12.3. The maximum Gasteiger partial charge on any atom is 0.401 e. The van der Waals surface area contributed by atoms with Crippen molar-refractivity contribution < 1.29 is 17.9 Å². The highest BCUT2D eigenvalue weighted by Crippen LogP contribution is 2.25. The first kappa shape index (κ1) is 17.5. The second kappa shape index (κ2) is 6.69. The number of likely N-dealkylation sites (tertiary alicyclic amines) is 1.